The lowest BCUT2D eigenvalue weighted by Crippen LogP contribution is -2.28. The maximum Gasteiger partial charge on any atom is 0.335 e. The van der Waals surface area contributed by atoms with Crippen LogP contribution in [0.4, 0.5) is 0 Å². The molecule has 0 unspecified atom stereocenters. The smallest absolute Gasteiger partial charge is 0.335 e. The van der Waals surface area contributed by atoms with E-state index in [2.05, 4.69) is 0 Å². The van der Waals surface area contributed by atoms with Crippen LogP contribution < -0.4 is 0 Å². The monoisotopic (exact) mass is 373 g/mol. The van der Waals surface area contributed by atoms with Crippen molar-refractivity contribution >= 4 is 21.8 Å². The molecule has 1 aliphatic heterocycles. The molecule has 0 saturated carbocycles. The zero-order valence-corrected chi connectivity index (χ0v) is 15.1. The predicted molar refractivity (Wildman–Crippen MR) is 96.8 cm³/mol. The summed E-state index contributed by atoms with van der Waals surface area (Å²) in [4.78, 5) is 22.9. The first kappa shape index (κ1) is 18.3. The molecule has 2 aromatic carbocycles. The van der Waals surface area contributed by atoms with Gasteiger partial charge in [0.2, 0.25) is 10.0 Å². The van der Waals surface area contributed by atoms with Gasteiger partial charge >= 0.3 is 5.97 Å². The number of rotatable bonds is 5. The van der Waals surface area contributed by atoms with Gasteiger partial charge in [-0.2, -0.15) is 4.31 Å². The Morgan fingerprint density at radius 1 is 0.923 bits per heavy atom. The highest BCUT2D eigenvalue weighted by Gasteiger charge is 2.28. The summed E-state index contributed by atoms with van der Waals surface area (Å²) in [5, 5.41) is 9.38. The lowest BCUT2D eigenvalue weighted by molar-refractivity contribution is 0.0696. The Bertz CT molecular complexity index is 958. The summed E-state index contributed by atoms with van der Waals surface area (Å²) < 4.78 is 27.0. The Morgan fingerprint density at radius 3 is 2.08 bits per heavy atom. The van der Waals surface area contributed by atoms with Crippen LogP contribution in [0.25, 0.3) is 11.1 Å². The van der Waals surface area contributed by atoms with Crippen LogP contribution in [0.2, 0.25) is 0 Å². The van der Waals surface area contributed by atoms with Crippen LogP contribution in [0.15, 0.2) is 47.4 Å². The number of aromatic carboxylic acids is 1. The second-order valence-corrected chi connectivity index (χ2v) is 8.23. The molecule has 1 heterocycles. The number of carboxylic acid groups (broad SMARTS) is 1. The summed E-state index contributed by atoms with van der Waals surface area (Å²) in [5.41, 5.74) is 1.58. The molecule has 0 radical (unpaired) electrons. The van der Waals surface area contributed by atoms with Gasteiger partial charge in [-0.05, 0) is 49.1 Å². The van der Waals surface area contributed by atoms with Gasteiger partial charge in [-0.25, -0.2) is 13.2 Å². The maximum atomic E-state index is 12.8. The highest BCUT2D eigenvalue weighted by molar-refractivity contribution is 7.89. The van der Waals surface area contributed by atoms with Crippen LogP contribution in [-0.4, -0.2) is 42.7 Å². The summed E-state index contributed by atoms with van der Waals surface area (Å²) in [6.07, 6.45) is 1.61. The van der Waals surface area contributed by atoms with Crippen molar-refractivity contribution in [1.29, 1.82) is 0 Å². The van der Waals surface area contributed by atoms with Crippen molar-refractivity contribution in [2.75, 3.05) is 13.1 Å². The molecule has 1 N–H and O–H groups in total. The fourth-order valence-corrected chi connectivity index (χ4v) is 4.60. The van der Waals surface area contributed by atoms with Crippen LogP contribution in [0, 0.1) is 0 Å². The SMILES string of the molecule is CC(=O)c1ccc(-c2cc(C(=O)O)cc(S(=O)(=O)N3CCCC3)c2)cc1. The lowest BCUT2D eigenvalue weighted by Gasteiger charge is -2.17. The van der Waals surface area contributed by atoms with Gasteiger partial charge in [0.25, 0.3) is 0 Å². The van der Waals surface area contributed by atoms with Crippen molar-refractivity contribution in [2.45, 2.75) is 24.7 Å². The van der Waals surface area contributed by atoms with Gasteiger partial charge in [0.15, 0.2) is 5.78 Å². The Kier molecular flexibility index (Phi) is 4.93. The van der Waals surface area contributed by atoms with Crippen LogP contribution >= 0.6 is 0 Å². The van der Waals surface area contributed by atoms with Crippen molar-refractivity contribution in [2.24, 2.45) is 0 Å². The first-order valence-corrected chi connectivity index (χ1v) is 9.73. The number of carbonyl (C=O) groups is 2. The van der Waals surface area contributed by atoms with Crippen LogP contribution in [0.3, 0.4) is 0 Å². The zero-order chi connectivity index (χ0) is 18.9. The van der Waals surface area contributed by atoms with E-state index in [9.17, 15) is 23.1 Å². The molecule has 0 amide bonds. The molecule has 6 nitrogen and oxygen atoms in total. The average Bonchev–Trinajstić information content (AvgIpc) is 3.17. The van der Waals surface area contributed by atoms with E-state index >= 15 is 0 Å². The second-order valence-electron chi connectivity index (χ2n) is 6.30. The van der Waals surface area contributed by atoms with E-state index in [1.54, 1.807) is 24.3 Å². The summed E-state index contributed by atoms with van der Waals surface area (Å²) >= 11 is 0. The van der Waals surface area contributed by atoms with E-state index in [1.165, 1.54) is 29.4 Å². The van der Waals surface area contributed by atoms with Gasteiger partial charge in [0, 0.05) is 18.7 Å². The van der Waals surface area contributed by atoms with Crippen molar-refractivity contribution in [3.8, 4) is 11.1 Å². The van der Waals surface area contributed by atoms with Gasteiger partial charge in [0.1, 0.15) is 0 Å². The van der Waals surface area contributed by atoms with Crippen LogP contribution in [0.5, 0.6) is 0 Å². The van der Waals surface area contributed by atoms with Crippen molar-refractivity contribution in [1.82, 2.24) is 4.31 Å². The topological polar surface area (TPSA) is 91.7 Å². The minimum atomic E-state index is -3.73. The summed E-state index contributed by atoms with van der Waals surface area (Å²) in [6, 6.07) is 10.8. The number of Topliss-reactive ketones (excluding diaryl/α,β-unsaturated/α-hetero) is 1. The van der Waals surface area contributed by atoms with E-state index in [1.807, 2.05) is 0 Å². The number of nitrogens with zero attached hydrogens (tertiary/aromatic N) is 1. The standard InChI is InChI=1S/C19H19NO5S/c1-13(21)14-4-6-15(7-5-14)16-10-17(19(22)23)12-18(11-16)26(24,25)20-8-2-3-9-20/h4-7,10-12H,2-3,8-9H2,1H3,(H,22,23). The molecule has 136 valence electrons. The number of hydrogen-bond acceptors (Lipinski definition) is 4. The van der Waals surface area contributed by atoms with Crippen LogP contribution in [0.1, 0.15) is 40.5 Å². The van der Waals surface area contributed by atoms with Gasteiger partial charge < -0.3 is 5.11 Å². The lowest BCUT2D eigenvalue weighted by atomic mass is 10.0. The highest BCUT2D eigenvalue weighted by atomic mass is 32.2. The molecule has 0 bridgehead atoms. The Morgan fingerprint density at radius 2 is 1.54 bits per heavy atom. The molecule has 0 spiro atoms. The molecule has 1 fully saturated rings. The fourth-order valence-electron chi connectivity index (χ4n) is 3.01. The van der Waals surface area contributed by atoms with Crippen molar-refractivity contribution in [3.63, 3.8) is 0 Å². The third-order valence-electron chi connectivity index (χ3n) is 4.48. The first-order valence-electron chi connectivity index (χ1n) is 8.29. The Balaban J connectivity index is 2.10. The third kappa shape index (κ3) is 3.54. The number of ketones is 1. The Labute approximate surface area is 152 Å². The van der Waals surface area contributed by atoms with Gasteiger partial charge in [-0.15, -0.1) is 0 Å². The van der Waals surface area contributed by atoms with E-state index < -0.39 is 16.0 Å². The minimum Gasteiger partial charge on any atom is -0.478 e. The first-order chi connectivity index (χ1) is 12.3. The molecule has 3 rings (SSSR count). The molecule has 1 saturated heterocycles. The third-order valence-corrected chi connectivity index (χ3v) is 6.36. The van der Waals surface area contributed by atoms with E-state index in [-0.39, 0.29) is 16.2 Å². The van der Waals surface area contributed by atoms with E-state index in [4.69, 9.17) is 0 Å². The van der Waals surface area contributed by atoms with E-state index in [0.717, 1.165) is 12.8 Å². The molecule has 0 aromatic heterocycles. The molecule has 0 aliphatic carbocycles. The largest absolute Gasteiger partial charge is 0.478 e. The molecular weight excluding hydrogens is 354 g/mol. The van der Waals surface area contributed by atoms with Gasteiger partial charge in [-0.1, -0.05) is 24.3 Å². The highest BCUT2D eigenvalue weighted by Crippen LogP contribution is 2.28. The predicted octanol–water partition coefficient (Wildman–Crippen LogP) is 3.04. The molecule has 26 heavy (non-hydrogen) atoms. The number of hydrogen-bond donors (Lipinski definition) is 1. The van der Waals surface area contributed by atoms with Gasteiger partial charge in [0.05, 0.1) is 10.5 Å². The zero-order valence-electron chi connectivity index (χ0n) is 14.3. The summed E-state index contributed by atoms with van der Waals surface area (Å²) in [5.74, 6) is -1.27. The fraction of sp³-hybridized carbons (Fsp3) is 0.263. The van der Waals surface area contributed by atoms with Gasteiger partial charge in [-0.3, -0.25) is 4.79 Å². The molecule has 2 aromatic rings. The van der Waals surface area contributed by atoms with Crippen molar-refractivity contribution < 1.29 is 23.1 Å². The number of benzene rings is 2. The number of carboxylic acids is 1. The average molecular weight is 373 g/mol. The molecular formula is C19H19NO5S. The summed E-state index contributed by atoms with van der Waals surface area (Å²) in [7, 11) is -3.73. The van der Waals surface area contributed by atoms with Crippen molar-refractivity contribution in [3.05, 3.63) is 53.6 Å². The molecule has 0 atom stereocenters. The van der Waals surface area contributed by atoms with Crippen LogP contribution in [-0.2, 0) is 10.0 Å². The van der Waals surface area contributed by atoms with E-state index in [0.29, 0.717) is 29.8 Å². The normalized spacial score (nSPS) is 15.1. The Hall–Kier alpha value is -2.51. The molecule has 1 aliphatic rings. The quantitative estimate of drug-likeness (QED) is 0.814. The molecule has 7 heteroatoms. The number of carbonyl (C=O) groups excluding carboxylic acids is 1. The minimum absolute atomic E-state index is 0.0232. The second kappa shape index (κ2) is 7.01. The number of sulfonamides is 1. The maximum absolute atomic E-state index is 12.8. The summed E-state index contributed by atoms with van der Waals surface area (Å²) in [6.45, 7) is 2.35.